The molecule has 1 amide bonds. The molecule has 0 rings (SSSR count). The Morgan fingerprint density at radius 2 is 1.77 bits per heavy atom. The highest BCUT2D eigenvalue weighted by molar-refractivity contribution is 6.31. The van der Waals surface area contributed by atoms with Crippen molar-refractivity contribution < 1.29 is 29.7 Å². The van der Waals surface area contributed by atoms with Crippen LogP contribution in [0.5, 0.6) is 0 Å². The average molecular weight is 191 g/mol. The van der Waals surface area contributed by atoms with Gasteiger partial charge in [0, 0.05) is 13.0 Å². The lowest BCUT2D eigenvalue weighted by Gasteiger charge is -2.10. The van der Waals surface area contributed by atoms with Crippen molar-refractivity contribution in [1.82, 2.24) is 5.32 Å². The van der Waals surface area contributed by atoms with Crippen LogP contribution in [0.25, 0.3) is 0 Å². The molecule has 0 saturated carbocycles. The second-order valence-electron chi connectivity index (χ2n) is 2.18. The summed E-state index contributed by atoms with van der Waals surface area (Å²) in [6, 6.07) is -1.37. The number of carboxylic acid groups (broad SMARTS) is 2. The minimum Gasteiger partial charge on any atom is -0.480 e. The van der Waals surface area contributed by atoms with Crippen LogP contribution in [-0.4, -0.2) is 45.8 Å². The Balaban J connectivity index is 4.17. The van der Waals surface area contributed by atoms with Gasteiger partial charge in [-0.2, -0.15) is 0 Å². The van der Waals surface area contributed by atoms with Crippen molar-refractivity contribution >= 4 is 17.8 Å². The Morgan fingerprint density at radius 3 is 2.08 bits per heavy atom. The molecule has 0 bridgehead atoms. The molecule has 0 aromatic heterocycles. The molecule has 0 aromatic rings. The number of carbonyl (C=O) groups excluding carboxylic acids is 1. The summed E-state index contributed by atoms with van der Waals surface area (Å²) in [4.78, 5) is 30.8. The van der Waals surface area contributed by atoms with Gasteiger partial charge in [-0.15, -0.1) is 0 Å². The quantitative estimate of drug-likeness (QED) is 0.382. The van der Waals surface area contributed by atoms with Crippen LogP contribution < -0.4 is 5.32 Å². The van der Waals surface area contributed by atoms with Crippen LogP contribution in [0.15, 0.2) is 0 Å². The molecule has 7 heteroatoms. The summed E-state index contributed by atoms with van der Waals surface area (Å²) in [5.41, 5.74) is 0. The highest BCUT2D eigenvalue weighted by Gasteiger charge is 2.22. The highest BCUT2D eigenvalue weighted by atomic mass is 16.4. The Morgan fingerprint density at radius 1 is 1.23 bits per heavy atom. The summed E-state index contributed by atoms with van der Waals surface area (Å²) in [5, 5.41) is 26.6. The minimum absolute atomic E-state index is 0.228. The summed E-state index contributed by atoms with van der Waals surface area (Å²) in [7, 11) is 0. The number of amides is 1. The summed E-state index contributed by atoms with van der Waals surface area (Å²) in [5.74, 6) is -4.55. The molecule has 1 atom stereocenters. The highest BCUT2D eigenvalue weighted by Crippen LogP contribution is 1.90. The molecule has 0 aromatic carbocycles. The second kappa shape index (κ2) is 5.09. The first-order valence-corrected chi connectivity index (χ1v) is 3.36. The SMILES string of the molecule is O=C(O)C(=O)NC(CCO)C(=O)O. The van der Waals surface area contributed by atoms with Gasteiger partial charge >= 0.3 is 17.8 Å². The van der Waals surface area contributed by atoms with Crippen LogP contribution in [0, 0.1) is 0 Å². The van der Waals surface area contributed by atoms with Gasteiger partial charge in [-0.1, -0.05) is 0 Å². The Kier molecular flexibility index (Phi) is 4.45. The van der Waals surface area contributed by atoms with Gasteiger partial charge in [-0.25, -0.2) is 9.59 Å². The summed E-state index contributed by atoms with van der Waals surface area (Å²) < 4.78 is 0. The molecule has 4 N–H and O–H groups in total. The molecule has 1 unspecified atom stereocenters. The molecular formula is C6H9NO6. The second-order valence-corrected chi connectivity index (χ2v) is 2.18. The number of hydrogen-bond donors (Lipinski definition) is 4. The van der Waals surface area contributed by atoms with Crippen molar-refractivity contribution in [3.05, 3.63) is 0 Å². The largest absolute Gasteiger partial charge is 0.480 e. The number of rotatable bonds is 4. The zero-order chi connectivity index (χ0) is 10.4. The summed E-state index contributed by atoms with van der Waals surface area (Å²) >= 11 is 0. The lowest BCUT2D eigenvalue weighted by molar-refractivity contribution is -0.152. The maximum Gasteiger partial charge on any atom is 0.394 e. The van der Waals surface area contributed by atoms with Crippen molar-refractivity contribution in [2.24, 2.45) is 0 Å². The van der Waals surface area contributed by atoms with Crippen LogP contribution in [0.1, 0.15) is 6.42 Å². The fourth-order valence-corrected chi connectivity index (χ4v) is 0.606. The van der Waals surface area contributed by atoms with Crippen molar-refractivity contribution in [3.63, 3.8) is 0 Å². The number of aliphatic hydroxyl groups is 1. The van der Waals surface area contributed by atoms with E-state index in [1.54, 1.807) is 5.32 Å². The lowest BCUT2D eigenvalue weighted by atomic mass is 10.2. The zero-order valence-corrected chi connectivity index (χ0v) is 6.56. The molecule has 0 aliphatic heterocycles. The fraction of sp³-hybridized carbons (Fsp3) is 0.500. The third kappa shape index (κ3) is 4.06. The van der Waals surface area contributed by atoms with Gasteiger partial charge in [0.25, 0.3) is 0 Å². The molecule has 0 aliphatic carbocycles. The molecule has 0 fully saturated rings. The molecule has 0 heterocycles. The monoisotopic (exact) mass is 191 g/mol. The van der Waals surface area contributed by atoms with E-state index in [1.807, 2.05) is 0 Å². The number of carboxylic acids is 2. The molecule has 0 saturated heterocycles. The molecular weight excluding hydrogens is 182 g/mol. The number of aliphatic carboxylic acids is 2. The van der Waals surface area contributed by atoms with Crippen LogP contribution >= 0.6 is 0 Å². The fourth-order valence-electron chi connectivity index (χ4n) is 0.606. The van der Waals surface area contributed by atoms with Crippen LogP contribution in [-0.2, 0) is 14.4 Å². The molecule has 13 heavy (non-hydrogen) atoms. The van der Waals surface area contributed by atoms with Crippen LogP contribution in [0.3, 0.4) is 0 Å². The lowest BCUT2D eigenvalue weighted by Crippen LogP contribution is -2.44. The molecule has 0 spiro atoms. The molecule has 7 nitrogen and oxygen atoms in total. The van der Waals surface area contributed by atoms with E-state index in [0.717, 1.165) is 0 Å². The first-order chi connectivity index (χ1) is 5.99. The van der Waals surface area contributed by atoms with E-state index in [1.165, 1.54) is 0 Å². The van der Waals surface area contributed by atoms with E-state index < -0.39 is 30.5 Å². The first kappa shape index (κ1) is 11.4. The van der Waals surface area contributed by atoms with Crippen molar-refractivity contribution in [2.45, 2.75) is 12.5 Å². The molecule has 0 aliphatic rings. The standard InChI is InChI=1S/C6H9NO6/c8-2-1-3(5(10)11)7-4(9)6(12)13/h3,8H,1-2H2,(H,7,9)(H,10,11)(H,12,13). The Bertz CT molecular complexity index is 225. The van der Waals surface area contributed by atoms with Gasteiger partial charge in [0.15, 0.2) is 0 Å². The zero-order valence-electron chi connectivity index (χ0n) is 6.56. The van der Waals surface area contributed by atoms with Crippen LogP contribution in [0.2, 0.25) is 0 Å². The smallest absolute Gasteiger partial charge is 0.394 e. The normalized spacial score (nSPS) is 11.8. The van der Waals surface area contributed by atoms with E-state index in [4.69, 9.17) is 15.3 Å². The van der Waals surface area contributed by atoms with E-state index in [-0.39, 0.29) is 6.42 Å². The predicted octanol–water partition coefficient (Wildman–Crippen LogP) is -1.98. The minimum atomic E-state index is -1.76. The molecule has 74 valence electrons. The Hall–Kier alpha value is -1.63. The van der Waals surface area contributed by atoms with E-state index >= 15 is 0 Å². The van der Waals surface area contributed by atoms with E-state index in [9.17, 15) is 14.4 Å². The summed E-state index contributed by atoms with van der Waals surface area (Å²) in [6.45, 7) is -0.448. The van der Waals surface area contributed by atoms with Gasteiger partial charge in [0.05, 0.1) is 0 Å². The summed E-state index contributed by atoms with van der Waals surface area (Å²) in [6.07, 6.45) is -0.228. The van der Waals surface area contributed by atoms with Gasteiger partial charge in [0.2, 0.25) is 0 Å². The van der Waals surface area contributed by atoms with Crippen LogP contribution in [0.4, 0.5) is 0 Å². The number of hydrogen-bond acceptors (Lipinski definition) is 4. The van der Waals surface area contributed by atoms with Gasteiger partial charge < -0.3 is 20.6 Å². The maximum absolute atomic E-state index is 10.5. The van der Waals surface area contributed by atoms with Gasteiger partial charge in [-0.3, -0.25) is 4.79 Å². The number of aliphatic hydroxyl groups excluding tert-OH is 1. The van der Waals surface area contributed by atoms with Gasteiger partial charge in [0.1, 0.15) is 6.04 Å². The average Bonchev–Trinajstić information content (AvgIpc) is 2.03. The van der Waals surface area contributed by atoms with Crippen molar-refractivity contribution in [1.29, 1.82) is 0 Å². The number of carbonyl (C=O) groups is 3. The van der Waals surface area contributed by atoms with Gasteiger partial charge in [-0.05, 0) is 0 Å². The van der Waals surface area contributed by atoms with Crippen molar-refractivity contribution in [3.8, 4) is 0 Å². The third-order valence-electron chi connectivity index (χ3n) is 1.22. The number of nitrogens with one attached hydrogen (secondary N) is 1. The first-order valence-electron chi connectivity index (χ1n) is 3.36. The van der Waals surface area contributed by atoms with Crippen molar-refractivity contribution in [2.75, 3.05) is 6.61 Å². The Labute approximate surface area is 73.0 Å². The maximum atomic E-state index is 10.5. The van der Waals surface area contributed by atoms with E-state index in [2.05, 4.69) is 0 Å². The third-order valence-corrected chi connectivity index (χ3v) is 1.22. The molecule has 0 radical (unpaired) electrons. The van der Waals surface area contributed by atoms with E-state index in [0.29, 0.717) is 0 Å². The topological polar surface area (TPSA) is 124 Å². The predicted molar refractivity (Wildman–Crippen MR) is 38.9 cm³/mol.